The van der Waals surface area contributed by atoms with Crippen LogP contribution in [0.4, 0.5) is 13.2 Å². The summed E-state index contributed by atoms with van der Waals surface area (Å²) in [6.45, 7) is 0. The van der Waals surface area contributed by atoms with Gasteiger partial charge in [-0.05, 0) is 56.0 Å². The molecule has 154 valence electrons. The van der Waals surface area contributed by atoms with Crippen LogP contribution < -0.4 is 5.56 Å². The molecule has 3 heterocycles. The maximum atomic E-state index is 13.4. The molecule has 1 aliphatic carbocycles. The second kappa shape index (κ2) is 7.16. The van der Waals surface area contributed by atoms with Gasteiger partial charge in [0.15, 0.2) is 5.52 Å². The van der Waals surface area contributed by atoms with E-state index in [9.17, 15) is 18.0 Å². The third kappa shape index (κ3) is 3.27. The van der Waals surface area contributed by atoms with E-state index in [-0.39, 0.29) is 29.8 Å². The summed E-state index contributed by atoms with van der Waals surface area (Å²) in [5, 5.41) is 0. The first-order chi connectivity index (χ1) is 14.4. The van der Waals surface area contributed by atoms with E-state index in [1.807, 2.05) is 12.1 Å². The minimum Gasteiger partial charge on any atom is -0.266 e. The first-order valence-corrected chi connectivity index (χ1v) is 10.6. The Balaban J connectivity index is 1.65. The Morgan fingerprint density at radius 1 is 1.03 bits per heavy atom. The Labute approximate surface area is 173 Å². The Morgan fingerprint density at radius 2 is 1.83 bits per heavy atom. The van der Waals surface area contributed by atoms with Gasteiger partial charge in [0.1, 0.15) is 5.82 Å². The van der Waals surface area contributed by atoms with Crippen LogP contribution in [0.5, 0.6) is 0 Å². The third-order valence-electron chi connectivity index (χ3n) is 5.78. The van der Waals surface area contributed by atoms with Gasteiger partial charge in [0.2, 0.25) is 0 Å². The molecule has 1 saturated carbocycles. The van der Waals surface area contributed by atoms with Gasteiger partial charge in [-0.25, -0.2) is 15.0 Å². The summed E-state index contributed by atoms with van der Waals surface area (Å²) >= 11 is 1.46. The number of benzene rings is 1. The molecule has 0 N–H and O–H groups in total. The predicted molar refractivity (Wildman–Crippen MR) is 109 cm³/mol. The van der Waals surface area contributed by atoms with Crippen LogP contribution in [0.25, 0.3) is 26.9 Å². The van der Waals surface area contributed by atoms with Crippen molar-refractivity contribution in [2.45, 2.75) is 37.8 Å². The molecule has 5 nitrogen and oxygen atoms in total. The van der Waals surface area contributed by atoms with Gasteiger partial charge in [-0.2, -0.15) is 13.2 Å². The predicted octanol–water partition coefficient (Wildman–Crippen LogP) is 5.23. The Hall–Kier alpha value is -2.81. The summed E-state index contributed by atoms with van der Waals surface area (Å²) in [5.74, 6) is -1.01. The molecule has 30 heavy (non-hydrogen) atoms. The van der Waals surface area contributed by atoms with Gasteiger partial charge >= 0.3 is 6.18 Å². The topological polar surface area (TPSA) is 60.7 Å². The quantitative estimate of drug-likeness (QED) is 0.437. The fourth-order valence-corrected chi connectivity index (χ4v) is 4.93. The fourth-order valence-electron chi connectivity index (χ4n) is 4.22. The van der Waals surface area contributed by atoms with Crippen molar-refractivity contribution in [2.75, 3.05) is 0 Å². The highest BCUT2D eigenvalue weighted by atomic mass is 32.1. The molecule has 0 spiro atoms. The smallest absolute Gasteiger partial charge is 0.266 e. The number of nitrogens with zero attached hydrogens (tertiary/aromatic N) is 4. The van der Waals surface area contributed by atoms with Crippen LogP contribution in [0.15, 0.2) is 46.8 Å². The molecule has 0 unspecified atom stereocenters. The lowest BCUT2D eigenvalue weighted by Gasteiger charge is -2.30. The minimum atomic E-state index is -4.18. The number of aromatic nitrogens is 4. The van der Waals surface area contributed by atoms with Crippen molar-refractivity contribution in [1.82, 2.24) is 19.5 Å². The van der Waals surface area contributed by atoms with Gasteiger partial charge in [0.05, 0.1) is 32.8 Å². The number of halogens is 3. The molecule has 0 atom stereocenters. The highest BCUT2D eigenvalue weighted by Crippen LogP contribution is 2.42. The molecule has 0 aliphatic heterocycles. The van der Waals surface area contributed by atoms with Gasteiger partial charge < -0.3 is 0 Å². The molecule has 1 aliphatic rings. The number of rotatable bonds is 2. The zero-order chi connectivity index (χ0) is 20.9. The van der Waals surface area contributed by atoms with E-state index in [2.05, 4.69) is 9.97 Å². The van der Waals surface area contributed by atoms with E-state index in [0.29, 0.717) is 29.9 Å². The molecular weight excluding hydrogens is 413 g/mol. The number of hydrogen-bond donors (Lipinski definition) is 0. The van der Waals surface area contributed by atoms with Gasteiger partial charge in [-0.3, -0.25) is 9.36 Å². The van der Waals surface area contributed by atoms with Crippen molar-refractivity contribution >= 4 is 32.6 Å². The maximum Gasteiger partial charge on any atom is 0.391 e. The average molecular weight is 430 g/mol. The number of pyridine rings is 1. The first kappa shape index (κ1) is 19.2. The second-order valence-electron chi connectivity index (χ2n) is 7.58. The van der Waals surface area contributed by atoms with Gasteiger partial charge in [0, 0.05) is 12.1 Å². The van der Waals surface area contributed by atoms with E-state index in [4.69, 9.17) is 4.98 Å². The third-order valence-corrected chi connectivity index (χ3v) is 6.58. The van der Waals surface area contributed by atoms with Crippen molar-refractivity contribution in [3.8, 4) is 5.69 Å². The summed E-state index contributed by atoms with van der Waals surface area (Å²) in [6, 6.07) is 8.92. The summed E-state index contributed by atoms with van der Waals surface area (Å²) in [6.07, 6.45) is -1.87. The monoisotopic (exact) mass is 430 g/mol. The van der Waals surface area contributed by atoms with Crippen molar-refractivity contribution in [1.29, 1.82) is 0 Å². The van der Waals surface area contributed by atoms with E-state index in [1.165, 1.54) is 22.1 Å². The zero-order valence-electron chi connectivity index (χ0n) is 15.8. The molecule has 0 amide bonds. The Bertz CT molecular complexity index is 1290. The number of thiazole rings is 1. The first-order valence-electron chi connectivity index (χ1n) is 9.70. The molecule has 4 aromatic rings. The normalized spacial score (nSPS) is 20.1. The molecule has 5 rings (SSSR count). The van der Waals surface area contributed by atoms with Crippen molar-refractivity contribution in [3.05, 3.63) is 58.2 Å². The molecule has 1 fully saturated rings. The van der Waals surface area contributed by atoms with Gasteiger partial charge in [0.25, 0.3) is 5.56 Å². The van der Waals surface area contributed by atoms with E-state index in [1.54, 1.807) is 23.7 Å². The lowest BCUT2D eigenvalue weighted by molar-refractivity contribution is -0.182. The summed E-state index contributed by atoms with van der Waals surface area (Å²) in [7, 11) is 0. The maximum absolute atomic E-state index is 13.4. The van der Waals surface area contributed by atoms with Crippen LogP contribution >= 0.6 is 11.3 Å². The summed E-state index contributed by atoms with van der Waals surface area (Å²) < 4.78 is 41.8. The van der Waals surface area contributed by atoms with Crippen LogP contribution in [0.3, 0.4) is 0 Å². The highest BCUT2D eigenvalue weighted by molar-refractivity contribution is 7.16. The van der Waals surface area contributed by atoms with Crippen molar-refractivity contribution in [2.24, 2.45) is 5.92 Å². The van der Waals surface area contributed by atoms with Crippen LogP contribution in [0, 0.1) is 5.92 Å². The second-order valence-corrected chi connectivity index (χ2v) is 8.46. The van der Waals surface area contributed by atoms with Crippen molar-refractivity contribution in [3.63, 3.8) is 0 Å². The Morgan fingerprint density at radius 3 is 2.60 bits per heavy atom. The van der Waals surface area contributed by atoms with Crippen LogP contribution in [0.1, 0.15) is 37.4 Å². The fraction of sp³-hybridized carbons (Fsp3) is 0.333. The lowest BCUT2D eigenvalue weighted by Crippen LogP contribution is -2.31. The van der Waals surface area contributed by atoms with Crippen LogP contribution in [-0.4, -0.2) is 25.7 Å². The van der Waals surface area contributed by atoms with Gasteiger partial charge in [-0.15, -0.1) is 11.3 Å². The molecule has 0 radical (unpaired) electrons. The van der Waals surface area contributed by atoms with Crippen LogP contribution in [-0.2, 0) is 0 Å². The molecular formula is C21H17F3N4OS. The highest BCUT2D eigenvalue weighted by Gasteiger charge is 2.42. The van der Waals surface area contributed by atoms with Gasteiger partial charge in [-0.1, -0.05) is 0 Å². The Kier molecular flexibility index (Phi) is 4.57. The lowest BCUT2D eigenvalue weighted by atomic mass is 9.81. The number of hydrogen-bond acceptors (Lipinski definition) is 5. The standard InChI is InChI=1S/C21H17F3N4OS/c22-21(23,24)13-5-3-12(4-6-13)19-27-16-2-1-9-25-18(16)20(29)28(19)14-7-8-15-17(10-14)30-11-26-15/h1-2,7-13H,3-6H2. The SMILES string of the molecule is O=c1c2ncccc2nc(C2CCC(C(F)(F)F)CC2)n1-c1ccc2ncsc2c1. The molecule has 0 saturated heterocycles. The van der Waals surface area contributed by atoms with E-state index >= 15 is 0 Å². The summed E-state index contributed by atoms with van der Waals surface area (Å²) in [4.78, 5) is 26.5. The molecule has 9 heteroatoms. The zero-order valence-corrected chi connectivity index (χ0v) is 16.6. The number of alkyl halides is 3. The molecule has 1 aromatic carbocycles. The molecule has 3 aromatic heterocycles. The summed E-state index contributed by atoms with van der Waals surface area (Å²) in [5.41, 5.74) is 3.59. The average Bonchev–Trinajstić information content (AvgIpc) is 3.21. The van der Waals surface area contributed by atoms with Crippen LogP contribution in [0.2, 0.25) is 0 Å². The number of fused-ring (bicyclic) bond motifs is 2. The van der Waals surface area contributed by atoms with E-state index in [0.717, 1.165) is 10.2 Å². The largest absolute Gasteiger partial charge is 0.391 e. The van der Waals surface area contributed by atoms with E-state index < -0.39 is 12.1 Å². The molecule has 0 bridgehead atoms. The van der Waals surface area contributed by atoms with Crippen molar-refractivity contribution < 1.29 is 13.2 Å². The minimum absolute atomic E-state index is 0.0446.